The molecule has 0 aliphatic carbocycles. The maximum Gasteiger partial charge on any atom is 0.340 e. The molecule has 0 aliphatic heterocycles. The van der Waals surface area contributed by atoms with Gasteiger partial charge in [0, 0.05) is 31.7 Å². The van der Waals surface area contributed by atoms with Gasteiger partial charge in [0.25, 0.3) is 0 Å². The Kier molecular flexibility index (Phi) is 3.97. The normalized spacial score (nSPS) is 10.2. The third-order valence-corrected chi connectivity index (χ3v) is 2.62. The average Bonchev–Trinajstić information content (AvgIpc) is 2.93. The number of pyridine rings is 1. The summed E-state index contributed by atoms with van der Waals surface area (Å²) in [6.07, 6.45) is 6.82. The molecular weight excluding hydrogens is 246 g/mol. The number of carbonyl (C=O) groups excluding carboxylic acids is 1. The molecule has 2 heterocycles. The second kappa shape index (κ2) is 5.85. The lowest BCUT2D eigenvalue weighted by molar-refractivity contribution is 0.0602. The summed E-state index contributed by atoms with van der Waals surface area (Å²) < 4.78 is 6.57. The standard InChI is InChI=1S/C12H15N5O2/c1-19-12(18)9-2-3-15-11(10(9)13)16-5-7-17-6-4-14-8-17/h2-4,6,8H,5,7,13H2,1H3,(H,15,16). The van der Waals surface area contributed by atoms with Crippen molar-refractivity contribution in [2.75, 3.05) is 24.7 Å². The van der Waals surface area contributed by atoms with Crippen molar-refractivity contribution in [2.45, 2.75) is 6.54 Å². The van der Waals surface area contributed by atoms with Gasteiger partial charge in [-0.1, -0.05) is 0 Å². The first-order valence-electron chi connectivity index (χ1n) is 5.74. The number of nitrogens with two attached hydrogens (primary N) is 1. The molecule has 100 valence electrons. The number of aromatic nitrogens is 3. The van der Waals surface area contributed by atoms with Gasteiger partial charge >= 0.3 is 5.97 Å². The lowest BCUT2D eigenvalue weighted by Gasteiger charge is -2.10. The lowest BCUT2D eigenvalue weighted by atomic mass is 10.2. The van der Waals surface area contributed by atoms with Crippen LogP contribution in [0.15, 0.2) is 31.0 Å². The van der Waals surface area contributed by atoms with Crippen molar-refractivity contribution in [1.29, 1.82) is 0 Å². The van der Waals surface area contributed by atoms with Gasteiger partial charge in [-0.05, 0) is 6.07 Å². The van der Waals surface area contributed by atoms with Gasteiger partial charge in [-0.25, -0.2) is 14.8 Å². The van der Waals surface area contributed by atoms with Crippen LogP contribution in [0.1, 0.15) is 10.4 Å². The van der Waals surface area contributed by atoms with E-state index in [2.05, 4.69) is 20.0 Å². The van der Waals surface area contributed by atoms with Gasteiger partial charge in [0.05, 0.1) is 24.7 Å². The number of nitrogen functional groups attached to an aromatic ring is 1. The molecule has 0 radical (unpaired) electrons. The highest BCUT2D eigenvalue weighted by atomic mass is 16.5. The molecule has 0 fully saturated rings. The Hall–Kier alpha value is -2.57. The predicted molar refractivity (Wildman–Crippen MR) is 70.7 cm³/mol. The minimum Gasteiger partial charge on any atom is -0.465 e. The second-order valence-electron chi connectivity index (χ2n) is 3.84. The van der Waals surface area contributed by atoms with Gasteiger partial charge in [0.2, 0.25) is 0 Å². The molecule has 0 aromatic carbocycles. The first-order chi connectivity index (χ1) is 9.22. The summed E-state index contributed by atoms with van der Waals surface area (Å²) in [4.78, 5) is 19.5. The third-order valence-electron chi connectivity index (χ3n) is 2.62. The Morgan fingerprint density at radius 2 is 2.37 bits per heavy atom. The van der Waals surface area contributed by atoms with Crippen molar-refractivity contribution in [3.63, 3.8) is 0 Å². The van der Waals surface area contributed by atoms with E-state index < -0.39 is 5.97 Å². The Morgan fingerprint density at radius 3 is 3.05 bits per heavy atom. The number of nitrogens with one attached hydrogen (secondary N) is 1. The van der Waals surface area contributed by atoms with Gasteiger partial charge in [-0.15, -0.1) is 0 Å². The summed E-state index contributed by atoms with van der Waals surface area (Å²) in [7, 11) is 1.31. The summed E-state index contributed by atoms with van der Waals surface area (Å²) in [5, 5.41) is 3.08. The zero-order valence-corrected chi connectivity index (χ0v) is 10.5. The van der Waals surface area contributed by atoms with Crippen LogP contribution in [0.2, 0.25) is 0 Å². The summed E-state index contributed by atoms with van der Waals surface area (Å²) in [6, 6.07) is 1.53. The molecule has 7 heteroatoms. The van der Waals surface area contributed by atoms with Crippen LogP contribution in [-0.2, 0) is 11.3 Å². The third kappa shape index (κ3) is 3.01. The second-order valence-corrected chi connectivity index (χ2v) is 3.84. The monoisotopic (exact) mass is 261 g/mol. The van der Waals surface area contributed by atoms with Crippen molar-refractivity contribution in [2.24, 2.45) is 0 Å². The fourth-order valence-corrected chi connectivity index (χ4v) is 1.62. The number of imidazole rings is 1. The predicted octanol–water partition coefficient (Wildman–Crippen LogP) is 0.759. The zero-order chi connectivity index (χ0) is 13.7. The molecule has 19 heavy (non-hydrogen) atoms. The van der Waals surface area contributed by atoms with Crippen LogP contribution in [0.25, 0.3) is 0 Å². The minimum absolute atomic E-state index is 0.292. The molecule has 2 aromatic heterocycles. The van der Waals surface area contributed by atoms with Crippen molar-refractivity contribution >= 4 is 17.5 Å². The molecule has 0 atom stereocenters. The van der Waals surface area contributed by atoms with E-state index in [1.807, 2.05) is 10.8 Å². The van der Waals surface area contributed by atoms with E-state index in [0.29, 0.717) is 23.6 Å². The lowest BCUT2D eigenvalue weighted by Crippen LogP contribution is -2.14. The van der Waals surface area contributed by atoms with E-state index in [0.717, 1.165) is 6.54 Å². The van der Waals surface area contributed by atoms with Crippen molar-refractivity contribution < 1.29 is 9.53 Å². The number of anilines is 2. The maximum absolute atomic E-state index is 11.5. The molecule has 0 unspecified atom stereocenters. The molecule has 0 bridgehead atoms. The van der Waals surface area contributed by atoms with Crippen LogP contribution >= 0.6 is 0 Å². The fourth-order valence-electron chi connectivity index (χ4n) is 1.62. The van der Waals surface area contributed by atoms with Crippen molar-refractivity contribution in [3.8, 4) is 0 Å². The molecule has 0 aliphatic rings. The van der Waals surface area contributed by atoms with E-state index in [1.165, 1.54) is 19.4 Å². The van der Waals surface area contributed by atoms with E-state index in [-0.39, 0.29) is 0 Å². The Labute approximate surface area is 110 Å². The first kappa shape index (κ1) is 12.9. The molecule has 2 rings (SSSR count). The number of hydrogen-bond donors (Lipinski definition) is 2. The van der Waals surface area contributed by atoms with E-state index >= 15 is 0 Å². The number of hydrogen-bond acceptors (Lipinski definition) is 6. The van der Waals surface area contributed by atoms with Crippen LogP contribution in [0.5, 0.6) is 0 Å². The van der Waals surface area contributed by atoms with Gasteiger partial charge < -0.3 is 20.4 Å². The van der Waals surface area contributed by atoms with Gasteiger partial charge in [0.1, 0.15) is 5.82 Å². The van der Waals surface area contributed by atoms with Crippen molar-refractivity contribution in [3.05, 3.63) is 36.5 Å². The number of methoxy groups -OCH3 is 1. The van der Waals surface area contributed by atoms with Gasteiger partial charge in [-0.2, -0.15) is 0 Å². The molecule has 3 N–H and O–H groups in total. The molecule has 0 saturated heterocycles. The van der Waals surface area contributed by atoms with E-state index in [1.54, 1.807) is 12.5 Å². The number of ether oxygens (including phenoxy) is 1. The number of esters is 1. The molecular formula is C12H15N5O2. The largest absolute Gasteiger partial charge is 0.465 e. The molecule has 0 spiro atoms. The summed E-state index contributed by atoms with van der Waals surface area (Å²) >= 11 is 0. The highest BCUT2D eigenvalue weighted by Crippen LogP contribution is 2.20. The fraction of sp³-hybridized carbons (Fsp3) is 0.250. The van der Waals surface area contributed by atoms with Crippen LogP contribution in [0, 0.1) is 0 Å². The van der Waals surface area contributed by atoms with Crippen molar-refractivity contribution in [1.82, 2.24) is 14.5 Å². The Bertz CT molecular complexity index is 553. The van der Waals surface area contributed by atoms with Crippen LogP contribution in [0.4, 0.5) is 11.5 Å². The minimum atomic E-state index is -0.474. The molecule has 0 amide bonds. The van der Waals surface area contributed by atoms with Crippen LogP contribution in [0.3, 0.4) is 0 Å². The summed E-state index contributed by atoms with van der Waals surface area (Å²) in [5.41, 5.74) is 6.47. The van der Waals surface area contributed by atoms with Gasteiger partial charge in [-0.3, -0.25) is 0 Å². The summed E-state index contributed by atoms with van der Waals surface area (Å²) in [5.74, 6) is 0.000532. The van der Waals surface area contributed by atoms with Crippen LogP contribution in [-0.4, -0.2) is 34.2 Å². The zero-order valence-electron chi connectivity index (χ0n) is 10.5. The smallest absolute Gasteiger partial charge is 0.340 e. The Balaban J connectivity index is 2.02. The highest BCUT2D eigenvalue weighted by Gasteiger charge is 2.13. The number of nitrogens with zero attached hydrogens (tertiary/aromatic N) is 3. The summed E-state index contributed by atoms with van der Waals surface area (Å²) in [6.45, 7) is 1.35. The molecule has 2 aromatic rings. The van der Waals surface area contributed by atoms with E-state index in [4.69, 9.17) is 5.73 Å². The van der Waals surface area contributed by atoms with E-state index in [9.17, 15) is 4.79 Å². The topological polar surface area (TPSA) is 95.1 Å². The maximum atomic E-state index is 11.5. The molecule has 7 nitrogen and oxygen atoms in total. The quantitative estimate of drug-likeness (QED) is 0.771. The highest BCUT2D eigenvalue weighted by molar-refractivity contribution is 5.97. The van der Waals surface area contributed by atoms with Crippen LogP contribution < -0.4 is 11.1 Å². The average molecular weight is 261 g/mol. The number of carbonyl (C=O) groups is 1. The SMILES string of the molecule is COC(=O)c1ccnc(NCCn2ccnc2)c1N. The number of rotatable bonds is 5. The van der Waals surface area contributed by atoms with Gasteiger partial charge in [0.15, 0.2) is 0 Å². The Morgan fingerprint density at radius 1 is 1.53 bits per heavy atom. The molecule has 0 saturated carbocycles. The first-order valence-corrected chi connectivity index (χ1v) is 5.74.